The number of nitrogens with zero attached hydrogens (tertiary/aromatic N) is 1. The van der Waals surface area contributed by atoms with Gasteiger partial charge in [-0.1, -0.05) is 6.92 Å². The minimum atomic E-state index is 0.177. The topological polar surface area (TPSA) is 45.1 Å². The second kappa shape index (κ2) is 5.32. The highest BCUT2D eigenvalue weighted by atomic mass is 32.1. The number of thiazole rings is 1. The number of nitrogens with one attached hydrogen (secondary N) is 1. The van der Waals surface area contributed by atoms with Crippen molar-refractivity contribution in [1.82, 2.24) is 10.3 Å². The second-order valence-corrected chi connectivity index (χ2v) is 3.81. The van der Waals surface area contributed by atoms with E-state index in [9.17, 15) is 0 Å². The molecule has 0 saturated carbocycles. The van der Waals surface area contributed by atoms with Gasteiger partial charge in [0.15, 0.2) is 0 Å². The lowest BCUT2D eigenvalue weighted by atomic mass is 10.2. The molecule has 0 fully saturated rings. The molecule has 0 saturated heterocycles. The number of aliphatic hydroxyl groups excluding tert-OH is 1. The maximum absolute atomic E-state index is 8.99. The molecule has 74 valence electrons. The molecule has 3 nitrogen and oxygen atoms in total. The first-order chi connectivity index (χ1) is 6.27. The quantitative estimate of drug-likeness (QED) is 0.758. The number of rotatable bonds is 5. The molecule has 0 aliphatic rings. The molecular weight excluding hydrogens is 184 g/mol. The highest BCUT2D eigenvalue weighted by Crippen LogP contribution is 2.12. The summed E-state index contributed by atoms with van der Waals surface area (Å²) >= 11 is 1.60. The van der Waals surface area contributed by atoms with Crippen LogP contribution >= 0.6 is 11.3 Å². The summed E-state index contributed by atoms with van der Waals surface area (Å²) < 4.78 is 0. The fraction of sp³-hybridized carbons (Fsp3) is 0.667. The van der Waals surface area contributed by atoms with Gasteiger partial charge in [-0.25, -0.2) is 4.98 Å². The Morgan fingerprint density at radius 2 is 2.46 bits per heavy atom. The minimum absolute atomic E-state index is 0.177. The van der Waals surface area contributed by atoms with Gasteiger partial charge in [0.1, 0.15) is 0 Å². The summed E-state index contributed by atoms with van der Waals surface area (Å²) in [5.74, 6) is 0. The molecule has 1 rings (SSSR count). The predicted octanol–water partition coefficient (Wildman–Crippen LogP) is 1.56. The molecule has 4 heteroatoms. The van der Waals surface area contributed by atoms with E-state index in [1.807, 2.05) is 10.9 Å². The Kier molecular flexibility index (Phi) is 4.35. The molecule has 0 aromatic carbocycles. The zero-order valence-corrected chi connectivity index (χ0v) is 8.84. The van der Waals surface area contributed by atoms with E-state index in [1.54, 1.807) is 11.3 Å². The van der Waals surface area contributed by atoms with Crippen molar-refractivity contribution in [1.29, 1.82) is 0 Å². The standard InChI is InChI=1S/C9H16N2OS/c1-3-8(4-12)11-7(2)9-5-13-6-10-9/h5-8,11-12H,3-4H2,1-2H3/t7?,8-/m1/s1. The smallest absolute Gasteiger partial charge is 0.0795 e. The molecule has 0 amide bonds. The molecule has 0 bridgehead atoms. The lowest BCUT2D eigenvalue weighted by molar-refractivity contribution is 0.229. The van der Waals surface area contributed by atoms with Gasteiger partial charge >= 0.3 is 0 Å². The Labute approximate surface area is 82.8 Å². The summed E-state index contributed by atoms with van der Waals surface area (Å²) in [6, 6.07) is 0.403. The Morgan fingerprint density at radius 3 is 2.92 bits per heavy atom. The molecular formula is C9H16N2OS. The summed E-state index contributed by atoms with van der Waals surface area (Å²) in [6.07, 6.45) is 0.935. The number of aromatic nitrogens is 1. The van der Waals surface area contributed by atoms with Gasteiger partial charge in [0.25, 0.3) is 0 Å². The SMILES string of the molecule is CC[C@H](CO)NC(C)c1cscn1. The van der Waals surface area contributed by atoms with Crippen LogP contribution in [0.1, 0.15) is 32.0 Å². The fourth-order valence-electron chi connectivity index (χ4n) is 1.17. The van der Waals surface area contributed by atoms with Crippen LogP contribution in [0.25, 0.3) is 0 Å². The van der Waals surface area contributed by atoms with Gasteiger partial charge in [0.2, 0.25) is 0 Å². The highest BCUT2D eigenvalue weighted by molar-refractivity contribution is 7.07. The number of hydrogen-bond donors (Lipinski definition) is 2. The van der Waals surface area contributed by atoms with Crippen molar-refractivity contribution in [3.63, 3.8) is 0 Å². The summed E-state index contributed by atoms with van der Waals surface area (Å²) in [5.41, 5.74) is 2.88. The largest absolute Gasteiger partial charge is 0.395 e. The van der Waals surface area contributed by atoms with Crippen LogP contribution in [0.5, 0.6) is 0 Å². The third-order valence-electron chi connectivity index (χ3n) is 2.09. The van der Waals surface area contributed by atoms with Crippen molar-refractivity contribution in [2.24, 2.45) is 0 Å². The van der Waals surface area contributed by atoms with Crippen LogP contribution in [-0.2, 0) is 0 Å². The lowest BCUT2D eigenvalue weighted by Gasteiger charge is -2.18. The first kappa shape index (κ1) is 10.6. The molecule has 1 aromatic heterocycles. The zero-order chi connectivity index (χ0) is 9.68. The van der Waals surface area contributed by atoms with E-state index in [0.717, 1.165) is 12.1 Å². The van der Waals surface area contributed by atoms with Crippen molar-refractivity contribution in [3.05, 3.63) is 16.6 Å². The van der Waals surface area contributed by atoms with Gasteiger partial charge in [-0.15, -0.1) is 11.3 Å². The molecule has 1 heterocycles. The lowest BCUT2D eigenvalue weighted by Crippen LogP contribution is -2.34. The maximum Gasteiger partial charge on any atom is 0.0795 e. The van der Waals surface area contributed by atoms with Crippen molar-refractivity contribution >= 4 is 11.3 Å². The molecule has 0 aliphatic carbocycles. The second-order valence-electron chi connectivity index (χ2n) is 3.09. The van der Waals surface area contributed by atoms with Crippen LogP contribution in [0.3, 0.4) is 0 Å². The Balaban J connectivity index is 2.45. The minimum Gasteiger partial charge on any atom is -0.395 e. The van der Waals surface area contributed by atoms with Gasteiger partial charge in [0.05, 0.1) is 17.8 Å². The monoisotopic (exact) mass is 200 g/mol. The summed E-state index contributed by atoms with van der Waals surface area (Å²) in [6.45, 7) is 4.31. The average Bonchev–Trinajstić information content (AvgIpc) is 2.66. The van der Waals surface area contributed by atoms with E-state index >= 15 is 0 Å². The first-order valence-corrected chi connectivity index (χ1v) is 5.47. The van der Waals surface area contributed by atoms with Crippen molar-refractivity contribution < 1.29 is 5.11 Å². The highest BCUT2D eigenvalue weighted by Gasteiger charge is 2.11. The summed E-state index contributed by atoms with van der Waals surface area (Å²) in [4.78, 5) is 4.21. The van der Waals surface area contributed by atoms with E-state index in [0.29, 0.717) is 0 Å². The normalized spacial score (nSPS) is 15.6. The van der Waals surface area contributed by atoms with Gasteiger partial charge in [0, 0.05) is 17.5 Å². The molecule has 13 heavy (non-hydrogen) atoms. The molecule has 2 atom stereocenters. The Morgan fingerprint density at radius 1 is 1.69 bits per heavy atom. The van der Waals surface area contributed by atoms with E-state index in [4.69, 9.17) is 5.11 Å². The number of hydrogen-bond acceptors (Lipinski definition) is 4. The van der Waals surface area contributed by atoms with Crippen LogP contribution in [0, 0.1) is 0 Å². The average molecular weight is 200 g/mol. The Hall–Kier alpha value is -0.450. The van der Waals surface area contributed by atoms with Crippen LogP contribution < -0.4 is 5.32 Å². The van der Waals surface area contributed by atoms with Gasteiger partial charge in [-0.3, -0.25) is 0 Å². The molecule has 1 unspecified atom stereocenters. The van der Waals surface area contributed by atoms with Crippen molar-refractivity contribution in [2.75, 3.05) is 6.61 Å². The van der Waals surface area contributed by atoms with Gasteiger partial charge in [-0.05, 0) is 13.3 Å². The predicted molar refractivity (Wildman–Crippen MR) is 54.8 cm³/mol. The van der Waals surface area contributed by atoms with Crippen molar-refractivity contribution in [3.8, 4) is 0 Å². The van der Waals surface area contributed by atoms with Gasteiger partial charge < -0.3 is 10.4 Å². The van der Waals surface area contributed by atoms with E-state index in [-0.39, 0.29) is 18.7 Å². The number of aliphatic hydroxyl groups is 1. The fourth-order valence-corrected chi connectivity index (χ4v) is 1.82. The van der Waals surface area contributed by atoms with Gasteiger partial charge in [-0.2, -0.15) is 0 Å². The maximum atomic E-state index is 8.99. The molecule has 0 spiro atoms. The third kappa shape index (κ3) is 3.06. The van der Waals surface area contributed by atoms with Crippen LogP contribution in [0.15, 0.2) is 10.9 Å². The zero-order valence-electron chi connectivity index (χ0n) is 8.03. The van der Waals surface area contributed by atoms with E-state index in [2.05, 4.69) is 24.1 Å². The van der Waals surface area contributed by atoms with E-state index < -0.39 is 0 Å². The summed E-state index contributed by atoms with van der Waals surface area (Å²) in [5, 5.41) is 14.3. The Bertz CT molecular complexity index is 222. The van der Waals surface area contributed by atoms with Crippen LogP contribution in [-0.4, -0.2) is 22.7 Å². The van der Waals surface area contributed by atoms with Crippen LogP contribution in [0.4, 0.5) is 0 Å². The molecule has 1 aromatic rings. The van der Waals surface area contributed by atoms with Crippen LogP contribution in [0.2, 0.25) is 0 Å². The molecule has 0 aliphatic heterocycles. The van der Waals surface area contributed by atoms with E-state index in [1.165, 1.54) is 0 Å². The third-order valence-corrected chi connectivity index (χ3v) is 2.70. The van der Waals surface area contributed by atoms with Crippen molar-refractivity contribution in [2.45, 2.75) is 32.4 Å². The molecule has 2 N–H and O–H groups in total. The molecule has 0 radical (unpaired) electrons. The first-order valence-electron chi connectivity index (χ1n) is 4.53. The summed E-state index contributed by atoms with van der Waals surface area (Å²) in [7, 11) is 0.